The third-order valence-corrected chi connectivity index (χ3v) is 4.21. The van der Waals surface area contributed by atoms with Crippen LogP contribution in [0.5, 0.6) is 5.75 Å². The molecule has 1 heterocycles. The molecule has 0 saturated heterocycles. The van der Waals surface area contributed by atoms with Crippen molar-refractivity contribution in [3.05, 3.63) is 50.5 Å². The number of nitro benzene ring substituents is 1. The molecule has 27 heavy (non-hydrogen) atoms. The molecular formula is C18H11BrN2O6. The maximum Gasteiger partial charge on any atom is 0.343 e. The molecule has 0 fully saturated rings. The summed E-state index contributed by atoms with van der Waals surface area (Å²) >= 11 is 3.37. The lowest BCUT2D eigenvalue weighted by Gasteiger charge is -2.03. The summed E-state index contributed by atoms with van der Waals surface area (Å²) in [5.41, 5.74) is 0.375. The normalized spacial score (nSPS) is 10.4. The highest BCUT2D eigenvalue weighted by Gasteiger charge is 2.23. The summed E-state index contributed by atoms with van der Waals surface area (Å²) in [5.74, 6) is 2.12. The number of aromatic nitrogens is 1. The Morgan fingerprint density at radius 2 is 2.19 bits per heavy atom. The highest BCUT2D eigenvalue weighted by atomic mass is 79.9. The molecule has 3 aromatic rings. The standard InChI is InChI=1S/C18H11BrN2O6/c1-3-6-26-18(22)12-8-11(21(23)24)9-14-16(12)27-17(20-14)10-4-5-15(25-2)13(19)7-10/h1,4-5,7-9H,6H2,2H3. The molecule has 0 aliphatic rings. The Balaban J connectivity index is 2.15. The number of non-ortho nitro benzene ring substituents is 1. The Kier molecular flexibility index (Phi) is 5.09. The minimum atomic E-state index is -0.833. The van der Waals surface area contributed by atoms with Gasteiger partial charge in [0.2, 0.25) is 5.89 Å². The highest BCUT2D eigenvalue weighted by Crippen LogP contribution is 2.34. The smallest absolute Gasteiger partial charge is 0.343 e. The van der Waals surface area contributed by atoms with Gasteiger partial charge in [0.1, 0.15) is 16.8 Å². The highest BCUT2D eigenvalue weighted by molar-refractivity contribution is 9.10. The van der Waals surface area contributed by atoms with Crippen LogP contribution in [0.4, 0.5) is 5.69 Å². The van der Waals surface area contributed by atoms with Crippen LogP contribution in [-0.2, 0) is 4.74 Å². The first-order valence-electron chi connectivity index (χ1n) is 7.48. The zero-order valence-corrected chi connectivity index (χ0v) is 15.5. The van der Waals surface area contributed by atoms with Gasteiger partial charge >= 0.3 is 5.97 Å². The van der Waals surface area contributed by atoms with Crippen molar-refractivity contribution < 1.29 is 23.6 Å². The van der Waals surface area contributed by atoms with E-state index in [1.807, 2.05) is 0 Å². The predicted octanol–water partition coefficient (Wildman–Crippen LogP) is 3.96. The molecule has 0 unspecified atom stereocenters. The third kappa shape index (κ3) is 3.61. The molecule has 136 valence electrons. The summed E-state index contributed by atoms with van der Waals surface area (Å²) in [7, 11) is 1.53. The number of methoxy groups -OCH3 is 1. The van der Waals surface area contributed by atoms with Gasteiger partial charge in [-0.3, -0.25) is 10.1 Å². The lowest BCUT2D eigenvalue weighted by Crippen LogP contribution is -2.06. The Morgan fingerprint density at radius 3 is 2.81 bits per heavy atom. The fourth-order valence-electron chi connectivity index (χ4n) is 2.38. The van der Waals surface area contributed by atoms with Gasteiger partial charge in [-0.2, -0.15) is 0 Å². The number of hydrogen-bond donors (Lipinski definition) is 0. The van der Waals surface area contributed by atoms with Crippen molar-refractivity contribution >= 4 is 38.7 Å². The van der Waals surface area contributed by atoms with Gasteiger partial charge in [-0.15, -0.1) is 6.42 Å². The van der Waals surface area contributed by atoms with Crippen molar-refractivity contribution in [2.24, 2.45) is 0 Å². The number of nitrogens with zero attached hydrogens (tertiary/aromatic N) is 2. The number of esters is 1. The van der Waals surface area contributed by atoms with E-state index in [2.05, 4.69) is 26.8 Å². The van der Waals surface area contributed by atoms with Gasteiger partial charge in [0.05, 0.1) is 16.5 Å². The molecule has 1 aromatic heterocycles. The molecule has 0 N–H and O–H groups in total. The maximum atomic E-state index is 12.2. The number of fused-ring (bicyclic) bond motifs is 1. The Hall–Kier alpha value is -3.38. The Labute approximate surface area is 161 Å². The summed E-state index contributed by atoms with van der Waals surface area (Å²) in [4.78, 5) is 27.0. The minimum absolute atomic E-state index is 0.0737. The second-order valence-electron chi connectivity index (χ2n) is 5.25. The van der Waals surface area contributed by atoms with Crippen LogP contribution in [0.3, 0.4) is 0 Å². The van der Waals surface area contributed by atoms with Crippen molar-refractivity contribution in [1.82, 2.24) is 4.98 Å². The molecule has 0 spiro atoms. The number of carbonyl (C=O) groups is 1. The van der Waals surface area contributed by atoms with Crippen LogP contribution in [0.2, 0.25) is 0 Å². The van der Waals surface area contributed by atoms with E-state index < -0.39 is 10.9 Å². The number of halogens is 1. The summed E-state index contributed by atoms with van der Waals surface area (Å²) in [5, 5.41) is 11.2. The van der Waals surface area contributed by atoms with Crippen LogP contribution in [0.25, 0.3) is 22.6 Å². The van der Waals surface area contributed by atoms with E-state index in [9.17, 15) is 14.9 Å². The molecule has 0 bridgehead atoms. The molecule has 9 heteroatoms. The number of ether oxygens (including phenoxy) is 2. The first kappa shape index (κ1) is 18.4. The van der Waals surface area contributed by atoms with Crippen LogP contribution in [0, 0.1) is 22.5 Å². The van der Waals surface area contributed by atoms with E-state index in [1.54, 1.807) is 18.2 Å². The zero-order chi connectivity index (χ0) is 19.6. The largest absolute Gasteiger partial charge is 0.496 e. The monoisotopic (exact) mass is 430 g/mol. The minimum Gasteiger partial charge on any atom is -0.496 e. The van der Waals surface area contributed by atoms with Crippen molar-refractivity contribution in [3.8, 4) is 29.5 Å². The summed E-state index contributed by atoms with van der Waals surface area (Å²) in [6, 6.07) is 7.42. The topological polar surface area (TPSA) is 105 Å². The molecule has 0 aliphatic heterocycles. The van der Waals surface area contributed by atoms with Gasteiger partial charge in [0, 0.05) is 17.7 Å². The molecule has 0 aliphatic carbocycles. The molecule has 0 saturated carbocycles. The van der Waals surface area contributed by atoms with Gasteiger partial charge in [-0.1, -0.05) is 5.92 Å². The van der Waals surface area contributed by atoms with Gasteiger partial charge in [-0.25, -0.2) is 9.78 Å². The molecule has 0 atom stereocenters. The number of rotatable bonds is 5. The fraction of sp³-hybridized carbons (Fsp3) is 0.111. The van der Waals surface area contributed by atoms with Crippen molar-refractivity contribution in [1.29, 1.82) is 0 Å². The molecule has 0 radical (unpaired) electrons. The second-order valence-corrected chi connectivity index (χ2v) is 6.10. The SMILES string of the molecule is C#CCOC(=O)c1cc([N+](=O)[O-])cc2nc(-c3ccc(OC)c(Br)c3)oc12. The average molecular weight is 431 g/mol. The Bertz CT molecular complexity index is 1100. The van der Waals surface area contributed by atoms with Crippen LogP contribution in [0.15, 0.2) is 39.2 Å². The first-order valence-corrected chi connectivity index (χ1v) is 8.27. The molecule has 2 aromatic carbocycles. The maximum absolute atomic E-state index is 12.2. The third-order valence-electron chi connectivity index (χ3n) is 3.59. The van der Waals surface area contributed by atoms with Crippen molar-refractivity contribution in [3.63, 3.8) is 0 Å². The van der Waals surface area contributed by atoms with E-state index in [-0.39, 0.29) is 34.8 Å². The van der Waals surface area contributed by atoms with E-state index in [1.165, 1.54) is 13.2 Å². The average Bonchev–Trinajstić information content (AvgIpc) is 3.09. The van der Waals surface area contributed by atoms with Crippen LogP contribution < -0.4 is 4.74 Å². The van der Waals surface area contributed by atoms with Gasteiger partial charge < -0.3 is 13.9 Å². The molecule has 8 nitrogen and oxygen atoms in total. The lowest BCUT2D eigenvalue weighted by molar-refractivity contribution is -0.384. The number of hydrogen-bond acceptors (Lipinski definition) is 7. The number of oxazole rings is 1. The summed E-state index contributed by atoms with van der Waals surface area (Å²) in [6.07, 6.45) is 5.08. The first-order chi connectivity index (χ1) is 12.9. The quantitative estimate of drug-likeness (QED) is 0.261. The number of terminal acetylenes is 1. The number of benzene rings is 2. The Morgan fingerprint density at radius 1 is 1.41 bits per heavy atom. The van der Waals surface area contributed by atoms with Gasteiger partial charge in [-0.05, 0) is 34.1 Å². The van der Waals surface area contributed by atoms with Crippen LogP contribution in [-0.4, -0.2) is 29.6 Å². The number of carbonyl (C=O) groups excluding carboxylic acids is 1. The molecular weight excluding hydrogens is 420 g/mol. The van der Waals surface area contributed by atoms with E-state index in [4.69, 9.17) is 20.3 Å². The second kappa shape index (κ2) is 7.47. The lowest BCUT2D eigenvalue weighted by atomic mass is 10.1. The predicted molar refractivity (Wildman–Crippen MR) is 99.5 cm³/mol. The van der Waals surface area contributed by atoms with Crippen LogP contribution >= 0.6 is 15.9 Å². The number of nitro groups is 1. The van der Waals surface area contributed by atoms with Gasteiger partial charge in [0.25, 0.3) is 5.69 Å². The summed E-state index contributed by atoms with van der Waals surface area (Å²) < 4.78 is 16.4. The van der Waals surface area contributed by atoms with Crippen LogP contribution in [0.1, 0.15) is 10.4 Å². The summed E-state index contributed by atoms with van der Waals surface area (Å²) in [6.45, 7) is -0.268. The van der Waals surface area contributed by atoms with E-state index in [0.29, 0.717) is 15.8 Å². The van der Waals surface area contributed by atoms with Crippen molar-refractivity contribution in [2.75, 3.05) is 13.7 Å². The molecule has 3 rings (SSSR count). The fourth-order valence-corrected chi connectivity index (χ4v) is 2.92. The van der Waals surface area contributed by atoms with E-state index >= 15 is 0 Å². The van der Waals surface area contributed by atoms with Crippen molar-refractivity contribution in [2.45, 2.75) is 0 Å². The van der Waals surface area contributed by atoms with Gasteiger partial charge in [0.15, 0.2) is 12.2 Å². The molecule has 0 amide bonds. The zero-order valence-electron chi connectivity index (χ0n) is 13.9. The van der Waals surface area contributed by atoms with E-state index in [0.717, 1.165) is 6.07 Å².